The number of carbonyl (C=O) groups is 1. The Morgan fingerprint density at radius 2 is 1.94 bits per heavy atom. The quantitative estimate of drug-likeness (QED) is 0.758. The van der Waals surface area contributed by atoms with Crippen molar-refractivity contribution >= 4 is 11.7 Å². The van der Waals surface area contributed by atoms with Crippen LogP contribution in [-0.2, 0) is 9.53 Å². The lowest BCUT2D eigenvalue weighted by Gasteiger charge is -2.27. The monoisotopic (exact) mass is 250 g/mol. The molecule has 1 aromatic rings. The predicted molar refractivity (Wildman–Crippen MR) is 73.3 cm³/mol. The molecule has 100 valence electrons. The SMILES string of the molecule is CCOC(=O)[C@@H](N)[C@@H](Nc1ccccc1)C(C)C. The summed E-state index contributed by atoms with van der Waals surface area (Å²) in [5.74, 6) is -0.135. The summed E-state index contributed by atoms with van der Waals surface area (Å²) in [4.78, 5) is 11.7. The van der Waals surface area contributed by atoms with Crippen molar-refractivity contribution in [3.63, 3.8) is 0 Å². The van der Waals surface area contributed by atoms with Crippen molar-refractivity contribution < 1.29 is 9.53 Å². The molecule has 4 nitrogen and oxygen atoms in total. The smallest absolute Gasteiger partial charge is 0.325 e. The topological polar surface area (TPSA) is 64.3 Å². The second-order valence-electron chi connectivity index (χ2n) is 4.56. The molecule has 0 unspecified atom stereocenters. The van der Waals surface area contributed by atoms with Crippen LogP contribution in [0.3, 0.4) is 0 Å². The zero-order valence-electron chi connectivity index (χ0n) is 11.2. The van der Waals surface area contributed by atoms with E-state index < -0.39 is 6.04 Å². The molecule has 0 amide bonds. The molecule has 0 heterocycles. The van der Waals surface area contributed by atoms with Crippen LogP contribution in [0.5, 0.6) is 0 Å². The van der Waals surface area contributed by atoms with Crippen LogP contribution in [0.15, 0.2) is 30.3 Å². The number of hydrogen-bond acceptors (Lipinski definition) is 4. The number of para-hydroxylation sites is 1. The number of anilines is 1. The molecule has 0 radical (unpaired) electrons. The second kappa shape index (κ2) is 7.01. The third-order valence-electron chi connectivity index (χ3n) is 2.77. The van der Waals surface area contributed by atoms with Crippen LogP contribution < -0.4 is 11.1 Å². The molecule has 2 atom stereocenters. The van der Waals surface area contributed by atoms with E-state index in [9.17, 15) is 4.79 Å². The normalized spacial score (nSPS) is 14.1. The Hall–Kier alpha value is -1.55. The number of esters is 1. The lowest BCUT2D eigenvalue weighted by molar-refractivity contribution is -0.145. The fourth-order valence-electron chi connectivity index (χ4n) is 1.78. The van der Waals surface area contributed by atoms with E-state index in [0.29, 0.717) is 6.61 Å². The molecule has 1 rings (SSSR count). The van der Waals surface area contributed by atoms with Gasteiger partial charge < -0.3 is 15.8 Å². The Balaban J connectivity index is 2.74. The van der Waals surface area contributed by atoms with Crippen molar-refractivity contribution in [2.75, 3.05) is 11.9 Å². The van der Waals surface area contributed by atoms with Crippen molar-refractivity contribution in [3.05, 3.63) is 30.3 Å². The number of benzene rings is 1. The van der Waals surface area contributed by atoms with E-state index in [1.165, 1.54) is 0 Å². The van der Waals surface area contributed by atoms with Crippen molar-refractivity contribution in [1.82, 2.24) is 0 Å². The van der Waals surface area contributed by atoms with E-state index in [1.807, 2.05) is 44.2 Å². The largest absolute Gasteiger partial charge is 0.465 e. The van der Waals surface area contributed by atoms with Crippen molar-refractivity contribution in [2.24, 2.45) is 11.7 Å². The highest BCUT2D eigenvalue weighted by atomic mass is 16.5. The molecular formula is C14H22N2O2. The zero-order valence-corrected chi connectivity index (χ0v) is 11.2. The van der Waals surface area contributed by atoms with E-state index >= 15 is 0 Å². The Kier molecular flexibility index (Phi) is 5.65. The van der Waals surface area contributed by atoms with Gasteiger partial charge in [0.25, 0.3) is 0 Å². The van der Waals surface area contributed by atoms with Gasteiger partial charge in [0.05, 0.1) is 12.6 Å². The summed E-state index contributed by atoms with van der Waals surface area (Å²) < 4.78 is 4.97. The summed E-state index contributed by atoms with van der Waals surface area (Å²) in [6.07, 6.45) is 0. The number of nitrogens with one attached hydrogen (secondary N) is 1. The molecule has 18 heavy (non-hydrogen) atoms. The summed E-state index contributed by atoms with van der Waals surface area (Å²) in [5.41, 5.74) is 6.91. The summed E-state index contributed by atoms with van der Waals surface area (Å²) in [7, 11) is 0. The summed E-state index contributed by atoms with van der Waals surface area (Å²) in [6, 6.07) is 8.92. The summed E-state index contributed by atoms with van der Waals surface area (Å²) >= 11 is 0. The highest BCUT2D eigenvalue weighted by Gasteiger charge is 2.28. The van der Waals surface area contributed by atoms with Gasteiger partial charge in [-0.25, -0.2) is 0 Å². The van der Waals surface area contributed by atoms with Crippen LogP contribution >= 0.6 is 0 Å². The number of hydrogen-bond donors (Lipinski definition) is 2. The van der Waals surface area contributed by atoms with Gasteiger partial charge in [-0.1, -0.05) is 32.0 Å². The van der Waals surface area contributed by atoms with Gasteiger partial charge in [-0.15, -0.1) is 0 Å². The Morgan fingerprint density at radius 1 is 1.33 bits per heavy atom. The van der Waals surface area contributed by atoms with Crippen LogP contribution in [0.2, 0.25) is 0 Å². The Morgan fingerprint density at radius 3 is 2.44 bits per heavy atom. The van der Waals surface area contributed by atoms with Crippen LogP contribution in [0, 0.1) is 5.92 Å². The number of nitrogens with two attached hydrogens (primary N) is 1. The van der Waals surface area contributed by atoms with Crippen molar-refractivity contribution in [1.29, 1.82) is 0 Å². The standard InChI is InChI=1S/C14H22N2O2/c1-4-18-14(17)12(15)13(10(2)3)16-11-8-6-5-7-9-11/h5-10,12-13,16H,4,15H2,1-3H3/t12-,13-/m0/s1. The van der Waals surface area contributed by atoms with Crippen LogP contribution in [0.25, 0.3) is 0 Å². The summed E-state index contributed by atoms with van der Waals surface area (Å²) in [5, 5.41) is 3.29. The van der Waals surface area contributed by atoms with Gasteiger partial charge in [0.2, 0.25) is 0 Å². The van der Waals surface area contributed by atoms with Gasteiger partial charge in [-0.05, 0) is 25.0 Å². The van der Waals surface area contributed by atoms with Crippen molar-refractivity contribution in [2.45, 2.75) is 32.9 Å². The highest BCUT2D eigenvalue weighted by Crippen LogP contribution is 2.15. The van der Waals surface area contributed by atoms with E-state index in [1.54, 1.807) is 6.92 Å². The first-order chi connectivity index (χ1) is 8.56. The van der Waals surface area contributed by atoms with Gasteiger partial charge in [0.15, 0.2) is 0 Å². The third kappa shape index (κ3) is 4.04. The fourth-order valence-corrected chi connectivity index (χ4v) is 1.78. The van der Waals surface area contributed by atoms with Gasteiger partial charge in [-0.3, -0.25) is 4.79 Å². The van der Waals surface area contributed by atoms with Crippen LogP contribution in [0.1, 0.15) is 20.8 Å². The Bertz CT molecular complexity index is 365. The van der Waals surface area contributed by atoms with Gasteiger partial charge in [0, 0.05) is 5.69 Å². The fraction of sp³-hybridized carbons (Fsp3) is 0.500. The first-order valence-electron chi connectivity index (χ1n) is 6.30. The molecule has 0 fully saturated rings. The van der Waals surface area contributed by atoms with Crippen molar-refractivity contribution in [3.8, 4) is 0 Å². The maximum atomic E-state index is 11.7. The van der Waals surface area contributed by atoms with Gasteiger partial charge >= 0.3 is 5.97 Å². The number of carbonyl (C=O) groups excluding carboxylic acids is 1. The van der Waals surface area contributed by atoms with Crippen LogP contribution in [0.4, 0.5) is 5.69 Å². The second-order valence-corrected chi connectivity index (χ2v) is 4.56. The first kappa shape index (κ1) is 14.5. The molecule has 3 N–H and O–H groups in total. The average molecular weight is 250 g/mol. The maximum Gasteiger partial charge on any atom is 0.325 e. The molecule has 0 aliphatic heterocycles. The van der Waals surface area contributed by atoms with E-state index in [0.717, 1.165) is 5.69 Å². The molecule has 0 aliphatic carbocycles. The molecule has 0 saturated carbocycles. The molecule has 0 spiro atoms. The maximum absolute atomic E-state index is 11.7. The van der Waals surface area contributed by atoms with E-state index in [4.69, 9.17) is 10.5 Å². The van der Waals surface area contributed by atoms with E-state index in [-0.39, 0.29) is 17.9 Å². The predicted octanol–water partition coefficient (Wildman–Crippen LogP) is 2.01. The number of ether oxygens (including phenoxy) is 1. The lowest BCUT2D eigenvalue weighted by Crippen LogP contribution is -2.49. The minimum atomic E-state index is -0.662. The minimum absolute atomic E-state index is 0.147. The first-order valence-corrected chi connectivity index (χ1v) is 6.30. The molecule has 4 heteroatoms. The highest BCUT2D eigenvalue weighted by molar-refractivity contribution is 5.77. The summed E-state index contributed by atoms with van der Waals surface area (Å²) in [6.45, 7) is 6.18. The van der Waals surface area contributed by atoms with Crippen LogP contribution in [-0.4, -0.2) is 24.7 Å². The third-order valence-corrected chi connectivity index (χ3v) is 2.77. The molecule has 0 bridgehead atoms. The Labute approximate surface area is 109 Å². The molecule has 0 aromatic heterocycles. The lowest BCUT2D eigenvalue weighted by atomic mass is 9.96. The molecule has 0 saturated heterocycles. The molecular weight excluding hydrogens is 228 g/mol. The molecule has 1 aromatic carbocycles. The zero-order chi connectivity index (χ0) is 13.5. The molecule has 0 aliphatic rings. The average Bonchev–Trinajstić information content (AvgIpc) is 2.36. The van der Waals surface area contributed by atoms with Gasteiger partial charge in [-0.2, -0.15) is 0 Å². The van der Waals surface area contributed by atoms with E-state index in [2.05, 4.69) is 5.32 Å². The number of rotatable bonds is 6. The minimum Gasteiger partial charge on any atom is -0.465 e. The van der Waals surface area contributed by atoms with Gasteiger partial charge in [0.1, 0.15) is 6.04 Å².